The van der Waals surface area contributed by atoms with Gasteiger partial charge in [0.1, 0.15) is 5.88 Å². The molecule has 0 spiro atoms. The monoisotopic (exact) mass is 260 g/mol. The number of rotatable bonds is 4. The minimum atomic E-state index is -0.455. The lowest BCUT2D eigenvalue weighted by Crippen LogP contribution is -2.46. The van der Waals surface area contributed by atoms with Gasteiger partial charge in [-0.1, -0.05) is 19.8 Å². The fraction of sp³-hybridized carbons (Fsp3) is 0.833. The second-order valence-electron chi connectivity index (χ2n) is 4.66. The summed E-state index contributed by atoms with van der Waals surface area (Å²) in [7, 11) is 0. The van der Waals surface area contributed by atoms with E-state index in [-0.39, 0.29) is 11.9 Å². The van der Waals surface area contributed by atoms with Crippen LogP contribution in [0.4, 0.5) is 4.79 Å². The molecule has 0 atom stereocenters. The molecular formula is C12H21ClN2O2. The summed E-state index contributed by atoms with van der Waals surface area (Å²) in [6, 6.07) is -0.221. The number of nitrogens with one attached hydrogen (secondary N) is 2. The van der Waals surface area contributed by atoms with E-state index in [0.717, 1.165) is 18.8 Å². The van der Waals surface area contributed by atoms with Gasteiger partial charge >= 0.3 is 6.03 Å². The van der Waals surface area contributed by atoms with Gasteiger partial charge in [-0.15, -0.1) is 11.6 Å². The summed E-state index contributed by atoms with van der Waals surface area (Å²) in [5.74, 6) is 0.172. The largest absolute Gasteiger partial charge is 0.335 e. The van der Waals surface area contributed by atoms with Crippen molar-refractivity contribution < 1.29 is 9.59 Å². The van der Waals surface area contributed by atoms with Crippen LogP contribution in [-0.4, -0.2) is 23.9 Å². The van der Waals surface area contributed by atoms with Crippen LogP contribution in [0.1, 0.15) is 45.4 Å². The van der Waals surface area contributed by atoms with E-state index < -0.39 is 11.9 Å². The number of carbonyl (C=O) groups is 2. The molecule has 0 aromatic rings. The molecule has 0 unspecified atom stereocenters. The van der Waals surface area contributed by atoms with Crippen LogP contribution in [0.3, 0.4) is 0 Å². The first-order valence-corrected chi connectivity index (χ1v) is 6.85. The number of alkyl halides is 1. The number of hydrogen-bond acceptors (Lipinski definition) is 2. The maximum absolute atomic E-state index is 11.4. The van der Waals surface area contributed by atoms with Gasteiger partial charge in [-0.3, -0.25) is 10.1 Å². The summed E-state index contributed by atoms with van der Waals surface area (Å²) in [5.41, 5.74) is 0. The van der Waals surface area contributed by atoms with Crippen molar-refractivity contribution >= 4 is 23.5 Å². The molecule has 5 heteroatoms. The Morgan fingerprint density at radius 3 is 2.41 bits per heavy atom. The van der Waals surface area contributed by atoms with E-state index in [2.05, 4.69) is 17.6 Å². The van der Waals surface area contributed by atoms with Crippen LogP contribution >= 0.6 is 11.6 Å². The molecule has 0 radical (unpaired) electrons. The molecule has 3 amide bonds. The summed E-state index contributed by atoms with van der Waals surface area (Å²) in [5, 5.41) is 5.01. The van der Waals surface area contributed by atoms with Crippen LogP contribution < -0.4 is 10.6 Å². The van der Waals surface area contributed by atoms with Gasteiger partial charge in [-0.05, 0) is 31.6 Å². The average Bonchev–Trinajstić information content (AvgIpc) is 2.31. The van der Waals surface area contributed by atoms with Crippen molar-refractivity contribution in [1.29, 1.82) is 0 Å². The Morgan fingerprint density at radius 2 is 1.88 bits per heavy atom. The van der Waals surface area contributed by atoms with Crippen molar-refractivity contribution in [2.75, 3.05) is 5.88 Å². The molecule has 1 saturated carbocycles. The molecule has 17 heavy (non-hydrogen) atoms. The van der Waals surface area contributed by atoms with E-state index in [9.17, 15) is 9.59 Å². The fourth-order valence-electron chi connectivity index (χ4n) is 2.39. The second kappa shape index (κ2) is 7.54. The maximum Gasteiger partial charge on any atom is 0.321 e. The third-order valence-electron chi connectivity index (χ3n) is 3.25. The van der Waals surface area contributed by atoms with E-state index in [1.165, 1.54) is 25.7 Å². The van der Waals surface area contributed by atoms with Gasteiger partial charge in [0.05, 0.1) is 0 Å². The molecule has 1 fully saturated rings. The molecule has 0 bridgehead atoms. The van der Waals surface area contributed by atoms with Gasteiger partial charge in [-0.25, -0.2) is 4.79 Å². The first-order valence-electron chi connectivity index (χ1n) is 6.32. The summed E-state index contributed by atoms with van der Waals surface area (Å²) < 4.78 is 0. The Labute approximate surface area is 107 Å². The van der Waals surface area contributed by atoms with Crippen molar-refractivity contribution in [1.82, 2.24) is 10.6 Å². The lowest BCUT2D eigenvalue weighted by Gasteiger charge is -2.28. The summed E-state index contributed by atoms with van der Waals surface area (Å²) in [6.45, 7) is 2.20. The number of amides is 3. The van der Waals surface area contributed by atoms with Gasteiger partial charge < -0.3 is 5.32 Å². The van der Waals surface area contributed by atoms with Crippen molar-refractivity contribution in [3.8, 4) is 0 Å². The van der Waals surface area contributed by atoms with Gasteiger partial charge in [0.2, 0.25) is 5.91 Å². The van der Waals surface area contributed by atoms with E-state index in [0.29, 0.717) is 0 Å². The first-order chi connectivity index (χ1) is 8.15. The molecule has 2 N–H and O–H groups in total. The molecule has 0 aromatic heterocycles. The molecular weight excluding hydrogens is 240 g/mol. The molecule has 0 aromatic carbocycles. The molecule has 1 rings (SSSR count). The standard InChI is InChI=1S/C12H21ClN2O2/c1-2-3-9-4-6-10(7-5-9)14-12(17)15-11(16)8-13/h9-10H,2-8H2,1H3,(H2,14,15,16,17). The number of halogens is 1. The third-order valence-corrected chi connectivity index (χ3v) is 3.50. The highest BCUT2D eigenvalue weighted by atomic mass is 35.5. The predicted octanol–water partition coefficient (Wildman–Crippen LogP) is 2.41. The molecule has 0 saturated heterocycles. The average molecular weight is 261 g/mol. The number of hydrogen-bond donors (Lipinski definition) is 2. The zero-order valence-electron chi connectivity index (χ0n) is 10.3. The van der Waals surface area contributed by atoms with Gasteiger partial charge in [-0.2, -0.15) is 0 Å². The molecule has 4 nitrogen and oxygen atoms in total. The van der Waals surface area contributed by atoms with Crippen molar-refractivity contribution in [3.05, 3.63) is 0 Å². The zero-order chi connectivity index (χ0) is 12.7. The van der Waals surface area contributed by atoms with Crippen molar-refractivity contribution in [2.45, 2.75) is 51.5 Å². The topological polar surface area (TPSA) is 58.2 Å². The molecule has 1 aliphatic rings. The Morgan fingerprint density at radius 1 is 1.24 bits per heavy atom. The van der Waals surface area contributed by atoms with Gasteiger partial charge in [0, 0.05) is 6.04 Å². The number of imide groups is 1. The van der Waals surface area contributed by atoms with E-state index in [1.54, 1.807) is 0 Å². The fourth-order valence-corrected chi connectivity index (χ4v) is 2.45. The third kappa shape index (κ3) is 5.39. The summed E-state index contributed by atoms with van der Waals surface area (Å²) in [6.07, 6.45) is 6.86. The highest BCUT2D eigenvalue weighted by Crippen LogP contribution is 2.27. The lowest BCUT2D eigenvalue weighted by molar-refractivity contribution is -0.117. The molecule has 98 valence electrons. The highest BCUT2D eigenvalue weighted by molar-refractivity contribution is 6.28. The van der Waals surface area contributed by atoms with Crippen LogP contribution in [0.2, 0.25) is 0 Å². The normalized spacial score (nSPS) is 24.1. The summed E-state index contributed by atoms with van der Waals surface area (Å²) >= 11 is 5.30. The van der Waals surface area contributed by atoms with Crippen LogP contribution in [0.15, 0.2) is 0 Å². The van der Waals surface area contributed by atoms with Gasteiger partial charge in [0.25, 0.3) is 0 Å². The zero-order valence-corrected chi connectivity index (χ0v) is 11.1. The second-order valence-corrected chi connectivity index (χ2v) is 4.93. The quantitative estimate of drug-likeness (QED) is 0.763. The smallest absolute Gasteiger partial charge is 0.321 e. The maximum atomic E-state index is 11.4. The van der Waals surface area contributed by atoms with Crippen LogP contribution in [0, 0.1) is 5.92 Å². The van der Waals surface area contributed by atoms with Crippen LogP contribution in [0.25, 0.3) is 0 Å². The van der Waals surface area contributed by atoms with Gasteiger partial charge in [0.15, 0.2) is 0 Å². The lowest BCUT2D eigenvalue weighted by atomic mass is 9.83. The SMILES string of the molecule is CCCC1CCC(NC(=O)NC(=O)CCl)CC1. The van der Waals surface area contributed by atoms with Crippen LogP contribution in [-0.2, 0) is 4.79 Å². The van der Waals surface area contributed by atoms with E-state index >= 15 is 0 Å². The van der Waals surface area contributed by atoms with E-state index in [4.69, 9.17) is 11.6 Å². The minimum absolute atomic E-state index is 0.184. The van der Waals surface area contributed by atoms with E-state index in [1.807, 2.05) is 0 Å². The predicted molar refractivity (Wildman–Crippen MR) is 68.0 cm³/mol. The Bertz CT molecular complexity index is 263. The van der Waals surface area contributed by atoms with Crippen molar-refractivity contribution in [3.63, 3.8) is 0 Å². The number of urea groups is 1. The molecule has 0 heterocycles. The Balaban J connectivity index is 2.21. The molecule has 0 aliphatic heterocycles. The number of carbonyl (C=O) groups excluding carboxylic acids is 2. The highest BCUT2D eigenvalue weighted by Gasteiger charge is 2.22. The summed E-state index contributed by atoms with van der Waals surface area (Å²) in [4.78, 5) is 22.3. The first kappa shape index (κ1) is 14.3. The Hall–Kier alpha value is -0.770. The minimum Gasteiger partial charge on any atom is -0.335 e. The van der Waals surface area contributed by atoms with Crippen molar-refractivity contribution in [2.24, 2.45) is 5.92 Å². The van der Waals surface area contributed by atoms with Crippen LogP contribution in [0.5, 0.6) is 0 Å². The molecule has 1 aliphatic carbocycles. The Kier molecular flexibility index (Phi) is 6.34.